The Balaban J connectivity index is 1.88. The number of benzene rings is 2. The Morgan fingerprint density at radius 1 is 0.390 bits per heavy atom. The van der Waals surface area contributed by atoms with Crippen molar-refractivity contribution in [3.8, 4) is 0 Å². The first-order valence-electron chi connectivity index (χ1n) is 40.4. The molecule has 44 heteroatoms. The highest BCUT2D eigenvalue weighted by atomic mass is 16.4. The first-order chi connectivity index (χ1) is 58.0. The third kappa shape index (κ3) is 36.9. The number of hydrogen-bond donors (Lipinski definition) is 25. The molecule has 0 radical (unpaired) electrons. The zero-order valence-electron chi connectivity index (χ0n) is 70.1. The number of nitrogens with two attached hydrogens (primary N) is 4. The van der Waals surface area contributed by atoms with Crippen molar-refractivity contribution in [3.63, 3.8) is 0 Å². The van der Waals surface area contributed by atoms with Crippen LogP contribution < -0.4 is 97.4 Å². The average Bonchev–Trinajstić information content (AvgIpc) is 1.70. The lowest BCUT2D eigenvalue weighted by Crippen LogP contribution is -2.61. The average molecular weight is 1740 g/mol. The summed E-state index contributed by atoms with van der Waals surface area (Å²) >= 11 is 0. The number of carboxylic acids is 4. The predicted molar refractivity (Wildman–Crippen MR) is 440 cm³/mol. The van der Waals surface area contributed by atoms with Crippen LogP contribution in [0, 0.1) is 17.8 Å². The first kappa shape index (κ1) is 105. The summed E-state index contributed by atoms with van der Waals surface area (Å²) in [7, 11) is 0. The summed E-state index contributed by atoms with van der Waals surface area (Å²) in [5.41, 5.74) is 24.8. The van der Waals surface area contributed by atoms with Crippen LogP contribution in [0.3, 0.4) is 0 Å². The number of carboxylic acid groups (broad SMARTS) is 4. The molecule has 0 unspecified atom stereocenters. The van der Waals surface area contributed by atoms with Crippen LogP contribution in [0.2, 0.25) is 0 Å². The number of H-pyrrole nitrogens is 1. The van der Waals surface area contributed by atoms with Crippen LogP contribution in [0.15, 0.2) is 60.8 Å². The quantitative estimate of drug-likeness (QED) is 0.0234. The molecule has 1 aromatic heterocycles. The number of aromatic amines is 1. The van der Waals surface area contributed by atoms with Gasteiger partial charge in [0, 0.05) is 36.4 Å². The maximum Gasteiger partial charge on any atom is 0.326 e. The van der Waals surface area contributed by atoms with Gasteiger partial charge in [0.05, 0.1) is 32.1 Å². The van der Waals surface area contributed by atoms with Crippen LogP contribution in [0.25, 0.3) is 10.9 Å². The van der Waals surface area contributed by atoms with Crippen LogP contribution in [0.4, 0.5) is 0 Å². The summed E-state index contributed by atoms with van der Waals surface area (Å²) in [4.78, 5) is 260. The topological polar surface area (TPSA) is 734 Å². The van der Waals surface area contributed by atoms with Crippen molar-refractivity contribution < 1.29 is 122 Å². The highest BCUT2D eigenvalue weighted by Crippen LogP contribution is 2.21. The first-order valence-corrected chi connectivity index (χ1v) is 40.4. The molecule has 123 heavy (non-hydrogen) atoms. The van der Waals surface area contributed by atoms with E-state index < -0.39 is 273 Å². The van der Waals surface area contributed by atoms with Crippen molar-refractivity contribution in [3.05, 3.63) is 71.9 Å². The van der Waals surface area contributed by atoms with E-state index in [2.05, 4.69) is 79.4 Å². The van der Waals surface area contributed by atoms with E-state index in [1.54, 1.807) is 88.5 Å². The second kappa shape index (κ2) is 53.5. The third-order valence-corrected chi connectivity index (χ3v) is 19.6. The fourth-order valence-corrected chi connectivity index (χ4v) is 12.4. The van der Waals surface area contributed by atoms with Crippen molar-refractivity contribution in [2.45, 2.75) is 249 Å². The molecule has 3 aromatic rings. The Morgan fingerprint density at radius 3 is 1.24 bits per heavy atom. The van der Waals surface area contributed by atoms with Crippen LogP contribution in [-0.2, 0) is 104 Å². The number of amides is 15. The van der Waals surface area contributed by atoms with Gasteiger partial charge in [0.1, 0.15) is 84.6 Å². The number of aromatic nitrogens is 1. The third-order valence-electron chi connectivity index (χ3n) is 19.6. The summed E-state index contributed by atoms with van der Waals surface area (Å²) in [6.07, 6.45) is -3.28. The lowest BCUT2D eigenvalue weighted by Gasteiger charge is -2.28. The van der Waals surface area contributed by atoms with Gasteiger partial charge in [0.25, 0.3) is 0 Å². The summed E-state index contributed by atoms with van der Waals surface area (Å²) in [5, 5.41) is 93.7. The van der Waals surface area contributed by atoms with Gasteiger partial charge in [-0.2, -0.15) is 0 Å². The van der Waals surface area contributed by atoms with E-state index in [4.69, 9.17) is 22.9 Å². The molecule has 0 aliphatic rings. The van der Waals surface area contributed by atoms with Gasteiger partial charge in [-0.3, -0.25) is 86.3 Å². The number of rotatable bonds is 58. The second-order valence-electron chi connectivity index (χ2n) is 30.6. The Bertz CT molecular complexity index is 4130. The van der Waals surface area contributed by atoms with Gasteiger partial charge in [-0.25, -0.2) is 4.79 Å². The number of aliphatic carboxylic acids is 4. The van der Waals surface area contributed by atoms with E-state index in [0.717, 1.165) is 6.92 Å². The molecule has 2 aromatic carbocycles. The number of fused-ring (bicyclic) bond motifs is 1. The number of primary amides is 1. The summed E-state index contributed by atoms with van der Waals surface area (Å²) in [6, 6.07) is -9.29. The van der Waals surface area contributed by atoms with Crippen LogP contribution in [0.1, 0.15) is 156 Å². The number of para-hydroxylation sites is 1. The van der Waals surface area contributed by atoms with Gasteiger partial charge in [-0.05, 0) is 126 Å². The zero-order valence-corrected chi connectivity index (χ0v) is 70.1. The smallest absolute Gasteiger partial charge is 0.326 e. The molecule has 29 N–H and O–H groups in total. The normalized spacial score (nSPS) is 15.1. The van der Waals surface area contributed by atoms with E-state index in [-0.39, 0.29) is 64.5 Å². The molecule has 0 saturated carbocycles. The van der Waals surface area contributed by atoms with E-state index in [1.807, 2.05) is 0 Å². The van der Waals surface area contributed by atoms with Crippen LogP contribution >= 0.6 is 0 Å². The number of aliphatic hydroxyl groups excluding tert-OH is 2. The van der Waals surface area contributed by atoms with E-state index in [0.29, 0.717) is 34.9 Å². The van der Waals surface area contributed by atoms with E-state index >= 15 is 0 Å². The van der Waals surface area contributed by atoms with Crippen molar-refractivity contribution in [2.75, 3.05) is 26.3 Å². The van der Waals surface area contributed by atoms with E-state index in [1.165, 1.54) is 20.8 Å². The second-order valence-corrected chi connectivity index (χ2v) is 30.6. The number of unbranched alkanes of at least 4 members (excludes halogenated alkanes) is 2. The molecule has 3 rings (SSSR count). The van der Waals surface area contributed by atoms with Gasteiger partial charge in [0.15, 0.2) is 0 Å². The monoisotopic (exact) mass is 1740 g/mol. The Hall–Kier alpha value is -12.3. The standard InChI is InChI=1S/C79H121N19O25/c1-9-41(6)64(79(122)123)98-71(114)50(24-16-18-30-81)88-75(118)55(34-59(83)101)94-78(121)63(40(4)5)97-66(109)43(8)85-72(115)56(35-62(106)107)93-70(113)52(26-28-61(104)105)89-68(111)49(23-15-17-29-80)87-69(112)51(25-27-60(102)103)90-77(120)58(38-100)96-73(116)53(31-39(2)3)92-74(117)54(33-45-36-84-48-22-14-13-21-46(45)48)91-65(108)42(7)86-76(119)57(37-99)95-67(110)47(82)32-44-19-11-10-12-20-44/h10-14,19-22,36,39-43,47,49-58,63-64,84,99-100H,9,15-18,23-35,37-38,80-82H2,1-8H3,(H2,83,101)(H,85,115)(H,86,119)(H,87,112)(H,88,118)(H,89,111)(H,90,120)(H,91,108)(H,92,117)(H,93,113)(H,94,121)(H,95,110)(H,96,116)(H,97,109)(H,98,114)(H,102,103)(H,104,105)(H,106,107)(H,122,123)/t41-,42-,43-,47-,49-,50-,51-,52-,53-,54-,55-,56-,57-,58-,63-,64-/m0/s1. The van der Waals surface area contributed by atoms with Gasteiger partial charge in [-0.1, -0.05) is 96.5 Å². The SMILES string of the molecule is CC[C@H](C)[C@H](NC(=O)[C@H](CCCCN)NC(=O)[C@H](CC(N)=O)NC(=O)[C@@H](NC(=O)[C@H](C)NC(=O)[C@H](CC(=O)O)NC(=O)[C@H](CCC(=O)O)NC(=O)[C@H](CCCCN)NC(=O)[C@H](CCC(=O)O)NC(=O)[C@H](CO)NC(=O)[C@H](CC(C)C)NC(=O)[C@H](Cc1c[nH]c2ccccc12)NC(=O)[C@H](C)NC(=O)[C@H](CO)NC(=O)[C@@H](N)Cc1ccccc1)C(C)C)C(=O)O. The maximum absolute atomic E-state index is 14.6. The fourth-order valence-electron chi connectivity index (χ4n) is 12.4. The molecule has 0 spiro atoms. The minimum absolute atomic E-state index is 0.0203. The fraction of sp³-hybridized carbons (Fsp3) is 0.582. The highest BCUT2D eigenvalue weighted by Gasteiger charge is 2.40. The number of carbonyl (C=O) groups is 19. The van der Waals surface area contributed by atoms with E-state index in [9.17, 15) is 122 Å². The summed E-state index contributed by atoms with van der Waals surface area (Å²) < 4.78 is 0. The molecule has 44 nitrogen and oxygen atoms in total. The summed E-state index contributed by atoms with van der Waals surface area (Å²) in [6.45, 7) is 9.91. The van der Waals surface area contributed by atoms with Crippen LogP contribution in [0.5, 0.6) is 0 Å². The molecule has 0 bridgehead atoms. The molecule has 1 heterocycles. The molecule has 16 atom stereocenters. The van der Waals surface area contributed by atoms with Gasteiger partial charge in [0.2, 0.25) is 88.6 Å². The molecule has 0 fully saturated rings. The van der Waals surface area contributed by atoms with Gasteiger partial charge >= 0.3 is 23.9 Å². The lowest BCUT2D eigenvalue weighted by molar-refractivity contribution is -0.144. The van der Waals surface area contributed by atoms with Crippen molar-refractivity contribution in [1.82, 2.24) is 79.4 Å². The van der Waals surface area contributed by atoms with Gasteiger partial charge in [-0.15, -0.1) is 0 Å². The van der Waals surface area contributed by atoms with Gasteiger partial charge < -0.3 is 133 Å². The maximum atomic E-state index is 14.6. The Labute approximate surface area is 709 Å². The van der Waals surface area contributed by atoms with Crippen molar-refractivity contribution >= 4 is 123 Å². The van der Waals surface area contributed by atoms with Crippen LogP contribution in [-0.4, -0.2) is 265 Å². The number of aliphatic hydroxyl groups is 2. The van der Waals surface area contributed by atoms with Crippen molar-refractivity contribution in [1.29, 1.82) is 0 Å². The highest BCUT2D eigenvalue weighted by molar-refractivity contribution is 6.02. The molecule has 15 amide bonds. The Kier molecular flexibility index (Phi) is 45.6. The zero-order chi connectivity index (χ0) is 92.5. The number of hydrogen-bond acceptors (Lipinski definition) is 24. The summed E-state index contributed by atoms with van der Waals surface area (Å²) in [5.74, 6) is -24.7. The molecule has 682 valence electrons. The molecule has 0 saturated heterocycles. The predicted octanol–water partition coefficient (Wildman–Crippen LogP) is -5.74. The molecule has 0 aliphatic heterocycles. The van der Waals surface area contributed by atoms with Crippen molar-refractivity contribution in [2.24, 2.45) is 40.7 Å². The largest absolute Gasteiger partial charge is 0.481 e. The minimum atomic E-state index is -2.13. The molecular formula is C79H121N19O25. The molecular weight excluding hydrogens is 1610 g/mol. The Morgan fingerprint density at radius 2 is 0.772 bits per heavy atom. The lowest BCUT2D eigenvalue weighted by atomic mass is 9.98. The number of nitrogens with one attached hydrogen (secondary N) is 15. The number of carbonyl (C=O) groups excluding carboxylic acids is 15. The minimum Gasteiger partial charge on any atom is -0.481 e. The molecule has 0 aliphatic carbocycles.